The molecule has 1 aromatic rings. The van der Waals surface area contributed by atoms with Gasteiger partial charge in [-0.1, -0.05) is 43.7 Å². The second-order valence-electron chi connectivity index (χ2n) is 8.78. The number of hydrogen-bond acceptors (Lipinski definition) is 6. The topological polar surface area (TPSA) is 94.2 Å². The first-order valence-electron chi connectivity index (χ1n) is 11.0. The second-order valence-corrected chi connectivity index (χ2v) is 8.78. The molecule has 0 aliphatic rings. The van der Waals surface area contributed by atoms with Gasteiger partial charge in [-0.25, -0.2) is 9.59 Å². The van der Waals surface area contributed by atoms with Crippen LogP contribution in [0.15, 0.2) is 30.3 Å². The number of rotatable bonds is 11. The molecule has 32 heavy (non-hydrogen) atoms. The van der Waals surface area contributed by atoms with Crippen molar-refractivity contribution in [1.29, 1.82) is 0 Å². The molecule has 1 N–H and O–H groups in total. The molecule has 180 valence electrons. The van der Waals surface area contributed by atoms with Crippen molar-refractivity contribution in [2.75, 3.05) is 13.7 Å². The normalized spacial score (nSPS) is 14.1. The largest absolute Gasteiger partial charge is 0.464 e. The van der Waals surface area contributed by atoms with Gasteiger partial charge >= 0.3 is 12.1 Å². The van der Waals surface area contributed by atoms with Crippen molar-refractivity contribution in [3.05, 3.63) is 35.9 Å². The number of carbonyl (C=O) groups is 3. The van der Waals surface area contributed by atoms with Crippen LogP contribution in [0.2, 0.25) is 0 Å². The van der Waals surface area contributed by atoms with Crippen LogP contribution in [-0.2, 0) is 30.4 Å². The standard InChI is InChI=1S/C24H38N2O6/c1-8-9-15-30-22(28)20(18(3)31-16-19-13-11-10-12-14-19)25-21(27)17(2)26(7)23(29)32-24(4,5)6/h10-14,17-18,20H,8-9,15-16H2,1-7H3,(H,25,27)/t17?,18-,20+/m1/s1. The zero-order valence-electron chi connectivity index (χ0n) is 20.3. The van der Waals surface area contributed by atoms with Crippen LogP contribution in [0.5, 0.6) is 0 Å². The summed E-state index contributed by atoms with van der Waals surface area (Å²) in [4.78, 5) is 39.0. The molecule has 0 saturated heterocycles. The van der Waals surface area contributed by atoms with Gasteiger partial charge in [0.15, 0.2) is 6.04 Å². The molecule has 8 heteroatoms. The third kappa shape index (κ3) is 9.68. The van der Waals surface area contributed by atoms with Gasteiger partial charge in [0.1, 0.15) is 11.6 Å². The highest BCUT2D eigenvalue weighted by Gasteiger charge is 2.33. The quantitative estimate of drug-likeness (QED) is 0.408. The van der Waals surface area contributed by atoms with E-state index in [9.17, 15) is 14.4 Å². The van der Waals surface area contributed by atoms with Gasteiger partial charge in [0, 0.05) is 7.05 Å². The summed E-state index contributed by atoms with van der Waals surface area (Å²) in [5.74, 6) is -1.08. The summed E-state index contributed by atoms with van der Waals surface area (Å²) in [6.07, 6.45) is 0.328. The maximum absolute atomic E-state index is 12.9. The molecular formula is C24H38N2O6. The van der Waals surface area contributed by atoms with E-state index in [1.807, 2.05) is 37.3 Å². The number of amides is 2. The third-order valence-electron chi connectivity index (χ3n) is 4.76. The van der Waals surface area contributed by atoms with Crippen molar-refractivity contribution in [2.24, 2.45) is 0 Å². The van der Waals surface area contributed by atoms with E-state index in [2.05, 4.69) is 5.32 Å². The zero-order chi connectivity index (χ0) is 24.3. The summed E-state index contributed by atoms with van der Waals surface area (Å²) in [5, 5.41) is 2.69. The SMILES string of the molecule is CCCCOC(=O)[C@@H](NC(=O)C(C)N(C)C(=O)OC(C)(C)C)[C@@H](C)OCc1ccccc1. The lowest BCUT2D eigenvalue weighted by Crippen LogP contribution is -2.55. The minimum atomic E-state index is -1.02. The van der Waals surface area contributed by atoms with Gasteiger partial charge in [0.25, 0.3) is 0 Å². The number of carbonyl (C=O) groups excluding carboxylic acids is 3. The Kier molecular flexibility index (Phi) is 11.2. The van der Waals surface area contributed by atoms with E-state index < -0.39 is 41.8 Å². The molecule has 1 aromatic carbocycles. The average Bonchev–Trinajstić information content (AvgIpc) is 2.74. The number of benzene rings is 1. The highest BCUT2D eigenvalue weighted by atomic mass is 16.6. The number of likely N-dealkylation sites (N-methyl/N-ethyl adjacent to an activating group) is 1. The van der Waals surface area contributed by atoms with Gasteiger partial charge in [0.2, 0.25) is 5.91 Å². The van der Waals surface area contributed by atoms with Crippen molar-refractivity contribution < 1.29 is 28.6 Å². The summed E-state index contributed by atoms with van der Waals surface area (Å²) >= 11 is 0. The predicted octanol–water partition coefficient (Wildman–Crippen LogP) is 3.68. The summed E-state index contributed by atoms with van der Waals surface area (Å²) in [6.45, 7) is 11.1. The molecule has 0 spiro atoms. The fraction of sp³-hybridized carbons (Fsp3) is 0.625. The monoisotopic (exact) mass is 450 g/mol. The summed E-state index contributed by atoms with van der Waals surface area (Å²) in [7, 11) is 1.47. The van der Waals surface area contributed by atoms with Gasteiger partial charge in [-0.05, 0) is 46.6 Å². The Morgan fingerprint density at radius 3 is 2.28 bits per heavy atom. The van der Waals surface area contributed by atoms with Crippen molar-refractivity contribution in [3.63, 3.8) is 0 Å². The molecular weight excluding hydrogens is 412 g/mol. The molecule has 0 fully saturated rings. The van der Waals surface area contributed by atoms with E-state index in [0.29, 0.717) is 0 Å². The molecule has 0 heterocycles. The molecule has 2 amide bonds. The van der Waals surface area contributed by atoms with Crippen LogP contribution < -0.4 is 5.32 Å². The van der Waals surface area contributed by atoms with Crippen molar-refractivity contribution >= 4 is 18.0 Å². The molecule has 0 aliphatic carbocycles. The van der Waals surface area contributed by atoms with Gasteiger partial charge < -0.3 is 19.5 Å². The van der Waals surface area contributed by atoms with Gasteiger partial charge in [-0.3, -0.25) is 9.69 Å². The molecule has 0 saturated carbocycles. The highest BCUT2D eigenvalue weighted by Crippen LogP contribution is 2.12. The minimum Gasteiger partial charge on any atom is -0.464 e. The predicted molar refractivity (Wildman–Crippen MR) is 122 cm³/mol. The lowest BCUT2D eigenvalue weighted by molar-refractivity contribution is -0.153. The van der Waals surface area contributed by atoms with Crippen LogP contribution in [0.25, 0.3) is 0 Å². The summed E-state index contributed by atoms with van der Waals surface area (Å²) in [5.41, 5.74) is 0.259. The Balaban J connectivity index is 2.84. The average molecular weight is 451 g/mol. The molecule has 0 aliphatic heterocycles. The third-order valence-corrected chi connectivity index (χ3v) is 4.76. The van der Waals surface area contributed by atoms with E-state index in [4.69, 9.17) is 14.2 Å². The number of nitrogens with one attached hydrogen (secondary N) is 1. The smallest absolute Gasteiger partial charge is 0.410 e. The molecule has 1 unspecified atom stereocenters. The fourth-order valence-electron chi connectivity index (χ4n) is 2.61. The lowest BCUT2D eigenvalue weighted by Gasteiger charge is -2.30. The first-order valence-corrected chi connectivity index (χ1v) is 11.0. The van der Waals surface area contributed by atoms with Crippen LogP contribution >= 0.6 is 0 Å². The molecule has 3 atom stereocenters. The Bertz CT molecular complexity index is 732. The number of esters is 1. The van der Waals surface area contributed by atoms with Crippen LogP contribution in [0.3, 0.4) is 0 Å². The lowest BCUT2D eigenvalue weighted by atomic mass is 10.1. The van der Waals surface area contributed by atoms with Crippen molar-refractivity contribution in [3.8, 4) is 0 Å². The zero-order valence-corrected chi connectivity index (χ0v) is 20.3. The van der Waals surface area contributed by atoms with Crippen LogP contribution in [0, 0.1) is 0 Å². The second kappa shape index (κ2) is 13.1. The molecule has 0 aromatic heterocycles. The van der Waals surface area contributed by atoms with Crippen molar-refractivity contribution in [2.45, 2.75) is 84.8 Å². The maximum Gasteiger partial charge on any atom is 0.410 e. The van der Waals surface area contributed by atoms with Crippen LogP contribution in [0.1, 0.15) is 59.9 Å². The Morgan fingerprint density at radius 1 is 1.09 bits per heavy atom. The van der Waals surface area contributed by atoms with Crippen LogP contribution in [-0.4, -0.2) is 60.3 Å². The van der Waals surface area contributed by atoms with E-state index >= 15 is 0 Å². The van der Waals surface area contributed by atoms with Gasteiger partial charge in [-0.15, -0.1) is 0 Å². The van der Waals surface area contributed by atoms with E-state index in [1.165, 1.54) is 11.9 Å². The fourth-order valence-corrected chi connectivity index (χ4v) is 2.61. The van der Waals surface area contributed by atoms with E-state index in [0.717, 1.165) is 18.4 Å². The first-order chi connectivity index (χ1) is 15.0. The summed E-state index contributed by atoms with van der Waals surface area (Å²) in [6, 6.07) is 7.65. The minimum absolute atomic E-state index is 0.264. The van der Waals surface area contributed by atoms with Gasteiger partial charge in [0.05, 0.1) is 19.3 Å². The van der Waals surface area contributed by atoms with E-state index in [1.54, 1.807) is 34.6 Å². The number of ether oxygens (including phenoxy) is 3. The molecule has 1 rings (SSSR count). The maximum atomic E-state index is 12.9. The highest BCUT2D eigenvalue weighted by molar-refractivity contribution is 5.89. The van der Waals surface area contributed by atoms with Gasteiger partial charge in [-0.2, -0.15) is 0 Å². The number of unbranched alkanes of at least 4 members (excludes halogenated alkanes) is 1. The molecule has 8 nitrogen and oxygen atoms in total. The number of nitrogens with zero attached hydrogens (tertiary/aromatic N) is 1. The Hall–Kier alpha value is -2.61. The Labute approximate surface area is 191 Å². The van der Waals surface area contributed by atoms with Crippen molar-refractivity contribution in [1.82, 2.24) is 10.2 Å². The Morgan fingerprint density at radius 2 is 1.72 bits per heavy atom. The number of hydrogen-bond donors (Lipinski definition) is 1. The molecule has 0 radical (unpaired) electrons. The van der Waals surface area contributed by atoms with E-state index in [-0.39, 0.29) is 13.2 Å². The van der Waals surface area contributed by atoms with Crippen LogP contribution in [0.4, 0.5) is 4.79 Å². The summed E-state index contributed by atoms with van der Waals surface area (Å²) < 4.78 is 16.5. The molecule has 0 bridgehead atoms. The first kappa shape index (κ1) is 27.4.